The van der Waals surface area contributed by atoms with Gasteiger partial charge in [-0.05, 0) is 37.8 Å². The zero-order valence-corrected chi connectivity index (χ0v) is 8.07. The molecule has 2 rings (SSSR count). The van der Waals surface area contributed by atoms with Crippen molar-refractivity contribution in [1.29, 1.82) is 0 Å². The van der Waals surface area contributed by atoms with E-state index in [1.54, 1.807) is 6.20 Å². The Balaban J connectivity index is 1.99. The van der Waals surface area contributed by atoms with E-state index in [4.69, 9.17) is 0 Å². The number of aromatic nitrogens is 1. The molecule has 0 radical (unpaired) electrons. The third-order valence-corrected chi connectivity index (χ3v) is 2.93. The average molecular weight is 193 g/mol. The molecule has 1 saturated carbocycles. The fourth-order valence-corrected chi connectivity index (χ4v) is 2.04. The van der Waals surface area contributed by atoms with Crippen LogP contribution in [0.5, 0.6) is 0 Å². The molecule has 1 aliphatic rings. The highest BCUT2D eigenvalue weighted by atomic mass is 16.3. The summed E-state index contributed by atoms with van der Waals surface area (Å²) in [5.74, 6) is 0.305. The van der Waals surface area contributed by atoms with Gasteiger partial charge in [-0.2, -0.15) is 0 Å². The van der Waals surface area contributed by atoms with Gasteiger partial charge in [-0.3, -0.25) is 4.79 Å². The largest absolute Gasteiger partial charge is 0.393 e. The van der Waals surface area contributed by atoms with E-state index in [-0.39, 0.29) is 17.8 Å². The van der Waals surface area contributed by atoms with Crippen molar-refractivity contribution in [2.24, 2.45) is 5.92 Å². The highest BCUT2D eigenvalue weighted by Crippen LogP contribution is 2.26. The predicted octanol–water partition coefficient (Wildman–Crippen LogP) is 1.75. The molecule has 14 heavy (non-hydrogen) atoms. The van der Waals surface area contributed by atoms with Crippen LogP contribution in [0.15, 0.2) is 18.3 Å². The summed E-state index contributed by atoms with van der Waals surface area (Å²) in [5, 5.41) is 9.32. The maximum absolute atomic E-state index is 11.9. The van der Waals surface area contributed by atoms with Gasteiger partial charge in [-0.1, -0.05) is 0 Å². The third-order valence-electron chi connectivity index (χ3n) is 2.93. The van der Waals surface area contributed by atoms with E-state index in [1.165, 1.54) is 0 Å². The molecule has 0 unspecified atom stereocenters. The van der Waals surface area contributed by atoms with Crippen molar-refractivity contribution < 1.29 is 9.90 Å². The van der Waals surface area contributed by atoms with Crippen molar-refractivity contribution >= 4 is 5.78 Å². The van der Waals surface area contributed by atoms with Gasteiger partial charge in [0.05, 0.1) is 11.8 Å². The molecule has 1 aromatic heterocycles. The van der Waals surface area contributed by atoms with E-state index in [1.807, 2.05) is 12.1 Å². The second-order valence-electron chi connectivity index (χ2n) is 3.95. The SMILES string of the molecule is O=C(c1ccc[nH]1)C1CCC(O)CC1. The molecule has 0 saturated heterocycles. The normalized spacial score (nSPS) is 27.5. The van der Waals surface area contributed by atoms with Crippen molar-refractivity contribution in [2.75, 3.05) is 0 Å². The van der Waals surface area contributed by atoms with E-state index in [0.717, 1.165) is 25.7 Å². The summed E-state index contributed by atoms with van der Waals surface area (Å²) in [6.45, 7) is 0. The first-order valence-electron chi connectivity index (χ1n) is 5.13. The molecular weight excluding hydrogens is 178 g/mol. The Bertz CT molecular complexity index is 297. The van der Waals surface area contributed by atoms with Gasteiger partial charge in [-0.25, -0.2) is 0 Å². The van der Waals surface area contributed by atoms with Gasteiger partial charge >= 0.3 is 0 Å². The molecule has 3 nitrogen and oxygen atoms in total. The molecule has 1 heterocycles. The minimum absolute atomic E-state index is 0.108. The maximum atomic E-state index is 11.9. The Morgan fingerprint density at radius 3 is 2.64 bits per heavy atom. The molecule has 0 aromatic carbocycles. The molecule has 0 bridgehead atoms. The van der Waals surface area contributed by atoms with Crippen LogP contribution in [-0.2, 0) is 0 Å². The number of carbonyl (C=O) groups is 1. The topological polar surface area (TPSA) is 53.1 Å². The number of carbonyl (C=O) groups excluding carboxylic acids is 1. The first-order chi connectivity index (χ1) is 6.77. The zero-order chi connectivity index (χ0) is 9.97. The molecule has 0 aliphatic heterocycles. The number of hydrogen-bond acceptors (Lipinski definition) is 2. The standard InChI is InChI=1S/C11H15NO2/c13-9-5-3-8(4-6-9)11(14)10-2-1-7-12-10/h1-2,7-9,12-13H,3-6H2. The molecule has 0 spiro atoms. The van der Waals surface area contributed by atoms with E-state index in [9.17, 15) is 9.90 Å². The molecule has 1 fully saturated rings. The highest BCUT2D eigenvalue weighted by molar-refractivity contribution is 5.96. The molecule has 3 heteroatoms. The average Bonchev–Trinajstić information content (AvgIpc) is 2.71. The Kier molecular flexibility index (Phi) is 2.68. The number of rotatable bonds is 2. The summed E-state index contributed by atoms with van der Waals surface area (Å²) in [6, 6.07) is 3.65. The van der Waals surface area contributed by atoms with Crippen LogP contribution in [0.25, 0.3) is 0 Å². The molecule has 76 valence electrons. The lowest BCUT2D eigenvalue weighted by atomic mass is 9.84. The first kappa shape index (κ1) is 9.46. The fourth-order valence-electron chi connectivity index (χ4n) is 2.04. The van der Waals surface area contributed by atoms with Gasteiger partial charge in [0.1, 0.15) is 0 Å². The number of H-pyrrole nitrogens is 1. The lowest BCUT2D eigenvalue weighted by molar-refractivity contribution is 0.0760. The van der Waals surface area contributed by atoms with E-state index in [0.29, 0.717) is 5.69 Å². The molecule has 0 atom stereocenters. The van der Waals surface area contributed by atoms with Gasteiger partial charge in [0.25, 0.3) is 0 Å². The number of hydrogen-bond donors (Lipinski definition) is 2. The Morgan fingerprint density at radius 2 is 2.07 bits per heavy atom. The molecule has 2 N–H and O–H groups in total. The zero-order valence-electron chi connectivity index (χ0n) is 8.07. The first-order valence-corrected chi connectivity index (χ1v) is 5.13. The van der Waals surface area contributed by atoms with Crippen LogP contribution in [0.2, 0.25) is 0 Å². The Morgan fingerprint density at radius 1 is 1.36 bits per heavy atom. The van der Waals surface area contributed by atoms with Crippen molar-refractivity contribution in [3.63, 3.8) is 0 Å². The van der Waals surface area contributed by atoms with Gasteiger partial charge in [0, 0.05) is 12.1 Å². The lowest BCUT2D eigenvalue weighted by Crippen LogP contribution is -2.24. The summed E-state index contributed by atoms with van der Waals surface area (Å²) in [7, 11) is 0. The van der Waals surface area contributed by atoms with Crippen LogP contribution in [0, 0.1) is 5.92 Å². The number of ketones is 1. The minimum atomic E-state index is -0.192. The number of aliphatic hydroxyl groups is 1. The highest BCUT2D eigenvalue weighted by Gasteiger charge is 2.26. The molecule has 1 aromatic rings. The molecule has 1 aliphatic carbocycles. The van der Waals surface area contributed by atoms with Crippen molar-refractivity contribution in [3.8, 4) is 0 Å². The Hall–Kier alpha value is -1.09. The predicted molar refractivity (Wildman–Crippen MR) is 53.1 cm³/mol. The summed E-state index contributed by atoms with van der Waals surface area (Å²) >= 11 is 0. The lowest BCUT2D eigenvalue weighted by Gasteiger charge is -2.23. The summed E-state index contributed by atoms with van der Waals surface area (Å²) < 4.78 is 0. The van der Waals surface area contributed by atoms with Gasteiger partial charge in [0.2, 0.25) is 0 Å². The quantitative estimate of drug-likeness (QED) is 0.703. The molecular formula is C11H15NO2. The summed E-state index contributed by atoms with van der Waals surface area (Å²) in [4.78, 5) is 14.8. The second kappa shape index (κ2) is 3.96. The number of nitrogens with one attached hydrogen (secondary N) is 1. The van der Waals surface area contributed by atoms with E-state index in [2.05, 4.69) is 4.98 Å². The monoisotopic (exact) mass is 193 g/mol. The van der Waals surface area contributed by atoms with Crippen molar-refractivity contribution in [3.05, 3.63) is 24.0 Å². The van der Waals surface area contributed by atoms with Crippen LogP contribution in [0.4, 0.5) is 0 Å². The van der Waals surface area contributed by atoms with Crippen molar-refractivity contribution in [2.45, 2.75) is 31.8 Å². The van der Waals surface area contributed by atoms with E-state index >= 15 is 0 Å². The third kappa shape index (κ3) is 1.87. The Labute approximate surface area is 83.1 Å². The number of Topliss-reactive ketones (excluding diaryl/α,β-unsaturated/α-hetero) is 1. The number of aromatic amines is 1. The van der Waals surface area contributed by atoms with Crippen LogP contribution in [0.1, 0.15) is 36.2 Å². The fraction of sp³-hybridized carbons (Fsp3) is 0.545. The maximum Gasteiger partial charge on any atom is 0.182 e. The summed E-state index contributed by atoms with van der Waals surface area (Å²) in [6.07, 6.45) is 4.74. The number of aliphatic hydroxyl groups excluding tert-OH is 1. The van der Waals surface area contributed by atoms with Crippen LogP contribution >= 0.6 is 0 Å². The smallest absolute Gasteiger partial charge is 0.182 e. The summed E-state index contributed by atoms with van der Waals surface area (Å²) in [5.41, 5.74) is 0.700. The van der Waals surface area contributed by atoms with Gasteiger partial charge in [-0.15, -0.1) is 0 Å². The van der Waals surface area contributed by atoms with Crippen molar-refractivity contribution in [1.82, 2.24) is 4.98 Å². The second-order valence-corrected chi connectivity index (χ2v) is 3.95. The van der Waals surface area contributed by atoms with Gasteiger partial charge in [0.15, 0.2) is 5.78 Å². The minimum Gasteiger partial charge on any atom is -0.393 e. The van der Waals surface area contributed by atoms with Crippen LogP contribution < -0.4 is 0 Å². The van der Waals surface area contributed by atoms with Crippen LogP contribution in [0.3, 0.4) is 0 Å². The van der Waals surface area contributed by atoms with E-state index < -0.39 is 0 Å². The van der Waals surface area contributed by atoms with Gasteiger partial charge < -0.3 is 10.1 Å². The van der Waals surface area contributed by atoms with Crippen LogP contribution in [-0.4, -0.2) is 22.0 Å². The molecule has 0 amide bonds.